The van der Waals surface area contributed by atoms with Crippen LogP contribution in [0.3, 0.4) is 0 Å². The second kappa shape index (κ2) is 11.1. The van der Waals surface area contributed by atoms with Crippen LogP contribution in [0.5, 0.6) is 0 Å². The number of anilines is 1. The first kappa shape index (κ1) is 23.7. The van der Waals surface area contributed by atoms with Gasteiger partial charge in [-0.25, -0.2) is 4.39 Å². The average molecular weight is 475 g/mol. The molecule has 0 spiro atoms. The second-order valence-corrected chi connectivity index (χ2v) is 9.43. The summed E-state index contributed by atoms with van der Waals surface area (Å²) in [6, 6.07) is 23.8. The Kier molecular flexibility index (Phi) is 7.75. The second-order valence-electron chi connectivity index (χ2n) is 8.49. The fraction of sp³-hybridized carbons (Fsp3) is 0.222. The van der Waals surface area contributed by atoms with Gasteiger partial charge >= 0.3 is 0 Å². The molecule has 0 unspecified atom stereocenters. The molecule has 1 amide bonds. The Bertz CT molecular complexity index is 1240. The number of nitrogens with one attached hydrogen (secondary N) is 1. The predicted octanol–water partition coefficient (Wildman–Crippen LogP) is 6.21. The molecule has 0 bridgehead atoms. The summed E-state index contributed by atoms with van der Waals surface area (Å²) < 4.78 is 16.0. The lowest BCUT2D eigenvalue weighted by atomic mass is 10.1. The zero-order valence-corrected chi connectivity index (χ0v) is 20.1. The van der Waals surface area contributed by atoms with Gasteiger partial charge < -0.3 is 9.88 Å². The number of nitrogens with zero attached hydrogens (tertiary/aromatic N) is 3. The van der Waals surface area contributed by atoms with Gasteiger partial charge in [0.05, 0.1) is 12.2 Å². The maximum atomic E-state index is 13.8. The standard InChI is InChI=1S/C27H27FN4OS/c1-19(2)16-25-30-31-27(32(25)17-20-8-4-3-5-9-20)34-18-21-12-14-22(15-13-21)26(33)29-24-11-7-6-10-23(24)28/h3-15,19H,16-18H2,1-2H3,(H,29,33). The van der Waals surface area contributed by atoms with Crippen LogP contribution in [0.1, 0.15) is 41.2 Å². The number of benzene rings is 3. The van der Waals surface area contributed by atoms with E-state index in [1.165, 1.54) is 17.7 Å². The summed E-state index contributed by atoms with van der Waals surface area (Å²) in [5.41, 5.74) is 2.91. The number of para-hydroxylation sites is 1. The predicted molar refractivity (Wildman–Crippen MR) is 134 cm³/mol. The molecule has 0 saturated carbocycles. The number of aromatic nitrogens is 3. The van der Waals surface area contributed by atoms with E-state index < -0.39 is 5.82 Å². The number of hydrogen-bond donors (Lipinski definition) is 1. The molecule has 0 saturated heterocycles. The molecule has 0 aliphatic heterocycles. The van der Waals surface area contributed by atoms with E-state index >= 15 is 0 Å². The minimum Gasteiger partial charge on any atom is -0.319 e. The first-order valence-electron chi connectivity index (χ1n) is 11.2. The number of carbonyl (C=O) groups is 1. The molecule has 0 aliphatic carbocycles. The van der Waals surface area contributed by atoms with Gasteiger partial charge in [-0.15, -0.1) is 10.2 Å². The Morgan fingerprint density at radius 1 is 0.941 bits per heavy atom. The number of rotatable bonds is 9. The molecule has 1 heterocycles. The maximum Gasteiger partial charge on any atom is 0.255 e. The van der Waals surface area contributed by atoms with Crippen molar-refractivity contribution in [1.29, 1.82) is 0 Å². The molecular weight excluding hydrogens is 447 g/mol. The van der Waals surface area contributed by atoms with E-state index in [1.54, 1.807) is 36.0 Å². The van der Waals surface area contributed by atoms with Crippen LogP contribution >= 0.6 is 11.8 Å². The van der Waals surface area contributed by atoms with Crippen LogP contribution in [0.4, 0.5) is 10.1 Å². The smallest absolute Gasteiger partial charge is 0.255 e. The molecular formula is C27H27FN4OS. The van der Waals surface area contributed by atoms with Crippen LogP contribution in [0.15, 0.2) is 84.0 Å². The molecule has 4 rings (SSSR count). The average Bonchev–Trinajstić information content (AvgIpc) is 3.20. The fourth-order valence-electron chi connectivity index (χ4n) is 3.52. The summed E-state index contributed by atoms with van der Waals surface area (Å²) >= 11 is 1.63. The maximum absolute atomic E-state index is 13.8. The summed E-state index contributed by atoms with van der Waals surface area (Å²) in [6.45, 7) is 5.09. The van der Waals surface area contributed by atoms with Gasteiger partial charge in [0, 0.05) is 17.7 Å². The number of amides is 1. The van der Waals surface area contributed by atoms with E-state index in [0.29, 0.717) is 17.2 Å². The minimum atomic E-state index is -0.458. The summed E-state index contributed by atoms with van der Waals surface area (Å²) in [5.74, 6) is 1.37. The van der Waals surface area contributed by atoms with Gasteiger partial charge in [0.2, 0.25) is 0 Å². The molecule has 0 aliphatic rings. The van der Waals surface area contributed by atoms with Crippen molar-refractivity contribution < 1.29 is 9.18 Å². The largest absolute Gasteiger partial charge is 0.319 e. The lowest BCUT2D eigenvalue weighted by Crippen LogP contribution is -2.12. The monoisotopic (exact) mass is 474 g/mol. The van der Waals surface area contributed by atoms with Gasteiger partial charge in [-0.1, -0.05) is 80.2 Å². The third-order valence-corrected chi connectivity index (χ3v) is 6.31. The first-order valence-corrected chi connectivity index (χ1v) is 12.2. The SMILES string of the molecule is CC(C)Cc1nnc(SCc2ccc(C(=O)Nc3ccccc3F)cc2)n1Cc1ccccc1. The quantitative estimate of drug-likeness (QED) is 0.293. The molecule has 0 atom stereocenters. The molecule has 0 fully saturated rings. The Balaban J connectivity index is 1.43. The summed E-state index contributed by atoms with van der Waals surface area (Å²) in [6.07, 6.45) is 0.867. The van der Waals surface area contributed by atoms with Crippen molar-refractivity contribution in [2.75, 3.05) is 5.32 Å². The van der Waals surface area contributed by atoms with Crippen molar-refractivity contribution in [3.63, 3.8) is 0 Å². The van der Waals surface area contributed by atoms with Gasteiger partial charge in [-0.2, -0.15) is 0 Å². The summed E-state index contributed by atoms with van der Waals surface area (Å²) in [4.78, 5) is 12.5. The zero-order chi connectivity index (χ0) is 23.9. The first-order chi connectivity index (χ1) is 16.5. The Hall–Kier alpha value is -3.45. The Labute approximate surface area is 203 Å². The molecule has 5 nitrogen and oxygen atoms in total. The van der Waals surface area contributed by atoms with E-state index in [0.717, 1.165) is 29.5 Å². The van der Waals surface area contributed by atoms with Crippen LogP contribution in [0.25, 0.3) is 0 Å². The van der Waals surface area contributed by atoms with Crippen LogP contribution < -0.4 is 5.32 Å². The van der Waals surface area contributed by atoms with E-state index in [2.05, 4.69) is 46.1 Å². The highest BCUT2D eigenvalue weighted by Crippen LogP contribution is 2.24. The van der Waals surface area contributed by atoms with Crippen molar-refractivity contribution in [3.05, 3.63) is 107 Å². The van der Waals surface area contributed by atoms with Gasteiger partial charge in [0.25, 0.3) is 5.91 Å². The third kappa shape index (κ3) is 6.11. The molecule has 1 aromatic heterocycles. The molecule has 7 heteroatoms. The number of halogens is 1. The lowest BCUT2D eigenvalue weighted by molar-refractivity contribution is 0.102. The molecule has 3 aromatic carbocycles. The molecule has 174 valence electrons. The van der Waals surface area contributed by atoms with Gasteiger partial charge in [0.15, 0.2) is 5.16 Å². The lowest BCUT2D eigenvalue weighted by Gasteiger charge is -2.12. The van der Waals surface area contributed by atoms with E-state index in [4.69, 9.17) is 0 Å². The van der Waals surface area contributed by atoms with Crippen molar-refractivity contribution in [2.24, 2.45) is 5.92 Å². The fourth-order valence-corrected chi connectivity index (χ4v) is 4.44. The number of carbonyl (C=O) groups excluding carboxylic acids is 1. The van der Waals surface area contributed by atoms with Gasteiger partial charge in [-0.05, 0) is 41.3 Å². The van der Waals surface area contributed by atoms with Crippen LogP contribution in [0, 0.1) is 11.7 Å². The van der Waals surface area contributed by atoms with Crippen LogP contribution in [0.2, 0.25) is 0 Å². The highest BCUT2D eigenvalue weighted by atomic mass is 32.2. The van der Waals surface area contributed by atoms with Crippen molar-refractivity contribution >= 4 is 23.4 Å². The molecule has 4 aromatic rings. The van der Waals surface area contributed by atoms with Gasteiger partial charge in [0.1, 0.15) is 11.6 Å². The molecule has 0 radical (unpaired) electrons. The summed E-state index contributed by atoms with van der Waals surface area (Å²) in [5, 5.41) is 12.4. The van der Waals surface area contributed by atoms with Crippen molar-refractivity contribution in [2.45, 2.75) is 37.7 Å². The summed E-state index contributed by atoms with van der Waals surface area (Å²) in [7, 11) is 0. The molecule has 34 heavy (non-hydrogen) atoms. The number of hydrogen-bond acceptors (Lipinski definition) is 4. The Morgan fingerprint density at radius 2 is 1.65 bits per heavy atom. The van der Waals surface area contributed by atoms with Crippen molar-refractivity contribution in [1.82, 2.24) is 14.8 Å². The topological polar surface area (TPSA) is 59.8 Å². The van der Waals surface area contributed by atoms with E-state index in [9.17, 15) is 9.18 Å². The number of thioether (sulfide) groups is 1. The van der Waals surface area contributed by atoms with E-state index in [1.807, 2.05) is 30.3 Å². The molecule has 1 N–H and O–H groups in total. The highest BCUT2D eigenvalue weighted by Gasteiger charge is 2.15. The normalized spacial score (nSPS) is 11.1. The highest BCUT2D eigenvalue weighted by molar-refractivity contribution is 7.98. The van der Waals surface area contributed by atoms with E-state index in [-0.39, 0.29) is 11.6 Å². The minimum absolute atomic E-state index is 0.169. The zero-order valence-electron chi connectivity index (χ0n) is 19.2. The van der Waals surface area contributed by atoms with Crippen LogP contribution in [-0.2, 0) is 18.7 Å². The van der Waals surface area contributed by atoms with Gasteiger partial charge in [-0.3, -0.25) is 4.79 Å². The van der Waals surface area contributed by atoms with Crippen molar-refractivity contribution in [3.8, 4) is 0 Å². The van der Waals surface area contributed by atoms with Crippen LogP contribution in [-0.4, -0.2) is 20.7 Å². The third-order valence-electron chi connectivity index (χ3n) is 5.27. The Morgan fingerprint density at radius 3 is 2.35 bits per heavy atom.